The van der Waals surface area contributed by atoms with Crippen molar-refractivity contribution < 1.29 is 23.8 Å². The van der Waals surface area contributed by atoms with Crippen LogP contribution in [-0.4, -0.2) is 33.1 Å². The van der Waals surface area contributed by atoms with Crippen LogP contribution in [0.1, 0.15) is 20.7 Å². The predicted octanol–water partition coefficient (Wildman–Crippen LogP) is 3.30. The third-order valence-corrected chi connectivity index (χ3v) is 3.46. The van der Waals surface area contributed by atoms with Crippen LogP contribution in [-0.2, 0) is 4.74 Å². The summed E-state index contributed by atoms with van der Waals surface area (Å²) in [5, 5.41) is 2.97. The number of carbonyl (C=O) groups is 2. The first-order chi connectivity index (χ1) is 12.1. The Hall–Kier alpha value is -3.28. The first kappa shape index (κ1) is 18.1. The average Bonchev–Trinajstić information content (AvgIpc) is 2.67. The molecule has 0 bridgehead atoms. The van der Waals surface area contributed by atoms with Crippen molar-refractivity contribution in [3.8, 4) is 11.5 Å². The highest BCUT2D eigenvalue weighted by Gasteiger charge is 2.08. The summed E-state index contributed by atoms with van der Waals surface area (Å²) in [6.07, 6.45) is 2.95. The number of ketones is 1. The number of allylic oxidation sites excluding steroid dienone is 1. The molecule has 0 saturated carbocycles. The van der Waals surface area contributed by atoms with E-state index in [1.165, 1.54) is 33.6 Å². The molecule has 0 heterocycles. The highest BCUT2D eigenvalue weighted by Crippen LogP contribution is 2.27. The van der Waals surface area contributed by atoms with Gasteiger partial charge in [0.05, 0.1) is 26.9 Å². The fourth-order valence-corrected chi connectivity index (χ4v) is 2.12. The summed E-state index contributed by atoms with van der Waals surface area (Å²) in [6, 6.07) is 11.7. The second-order valence-corrected chi connectivity index (χ2v) is 4.98. The van der Waals surface area contributed by atoms with Gasteiger partial charge in [-0.25, -0.2) is 4.79 Å². The number of ether oxygens (including phenoxy) is 3. The summed E-state index contributed by atoms with van der Waals surface area (Å²) in [5.41, 5.74) is 1.68. The molecule has 0 spiro atoms. The molecule has 2 aromatic carbocycles. The van der Waals surface area contributed by atoms with E-state index in [-0.39, 0.29) is 5.78 Å². The minimum absolute atomic E-state index is 0.181. The largest absolute Gasteiger partial charge is 0.493 e. The van der Waals surface area contributed by atoms with Crippen LogP contribution in [0.5, 0.6) is 11.5 Å². The van der Waals surface area contributed by atoms with E-state index in [4.69, 9.17) is 9.47 Å². The molecule has 0 saturated heterocycles. The Bertz CT molecular complexity index is 781. The van der Waals surface area contributed by atoms with Crippen LogP contribution < -0.4 is 14.8 Å². The van der Waals surface area contributed by atoms with Gasteiger partial charge in [-0.15, -0.1) is 0 Å². The van der Waals surface area contributed by atoms with E-state index in [2.05, 4.69) is 10.1 Å². The zero-order valence-electron chi connectivity index (χ0n) is 14.2. The van der Waals surface area contributed by atoms with Crippen LogP contribution in [0.2, 0.25) is 0 Å². The normalized spacial score (nSPS) is 10.4. The fraction of sp³-hybridized carbons (Fsp3) is 0.158. The molecular formula is C19H19NO5. The van der Waals surface area contributed by atoms with Crippen LogP contribution in [0.4, 0.5) is 5.69 Å². The molecule has 0 aliphatic heterocycles. The highest BCUT2D eigenvalue weighted by atomic mass is 16.5. The summed E-state index contributed by atoms with van der Waals surface area (Å²) in [6.45, 7) is 0. The fourth-order valence-electron chi connectivity index (χ4n) is 2.12. The average molecular weight is 341 g/mol. The molecule has 0 unspecified atom stereocenters. The first-order valence-corrected chi connectivity index (χ1v) is 7.47. The standard InChI is InChI=1S/C19H19NO5/c1-23-17-9-6-14(12-18(17)24-2)16(21)10-11-20-15-7-4-13(5-8-15)19(22)25-3/h4-12,20H,1-3H3. The summed E-state index contributed by atoms with van der Waals surface area (Å²) < 4.78 is 15.0. The van der Waals surface area contributed by atoms with E-state index in [9.17, 15) is 9.59 Å². The maximum atomic E-state index is 12.2. The van der Waals surface area contributed by atoms with E-state index < -0.39 is 5.97 Å². The lowest BCUT2D eigenvalue weighted by molar-refractivity contribution is 0.0600. The maximum absolute atomic E-state index is 12.2. The van der Waals surface area contributed by atoms with Gasteiger partial charge in [0.15, 0.2) is 17.3 Å². The number of hydrogen-bond acceptors (Lipinski definition) is 6. The van der Waals surface area contributed by atoms with Crippen molar-refractivity contribution in [2.75, 3.05) is 26.6 Å². The number of methoxy groups -OCH3 is 3. The molecule has 0 aliphatic carbocycles. The van der Waals surface area contributed by atoms with E-state index in [0.29, 0.717) is 22.6 Å². The van der Waals surface area contributed by atoms with Crippen molar-refractivity contribution in [3.63, 3.8) is 0 Å². The number of nitrogens with one attached hydrogen (secondary N) is 1. The molecule has 2 rings (SSSR count). The Kier molecular flexibility index (Phi) is 6.17. The zero-order chi connectivity index (χ0) is 18.2. The molecule has 2 aromatic rings. The second-order valence-electron chi connectivity index (χ2n) is 4.98. The summed E-state index contributed by atoms with van der Waals surface area (Å²) in [4.78, 5) is 23.6. The minimum Gasteiger partial charge on any atom is -0.493 e. The van der Waals surface area contributed by atoms with Gasteiger partial charge < -0.3 is 19.5 Å². The Balaban J connectivity index is 2.02. The Morgan fingerprint density at radius 3 is 2.12 bits per heavy atom. The molecule has 0 fully saturated rings. The quantitative estimate of drug-likeness (QED) is 0.473. The number of hydrogen-bond donors (Lipinski definition) is 1. The van der Waals surface area contributed by atoms with Gasteiger partial charge in [0.25, 0.3) is 0 Å². The van der Waals surface area contributed by atoms with Crippen molar-refractivity contribution in [3.05, 3.63) is 65.9 Å². The van der Waals surface area contributed by atoms with Gasteiger partial charge in [-0.05, 0) is 42.5 Å². The molecule has 0 aromatic heterocycles. The minimum atomic E-state index is -0.397. The zero-order valence-corrected chi connectivity index (χ0v) is 14.2. The number of benzene rings is 2. The SMILES string of the molecule is COC(=O)c1ccc(NC=CC(=O)c2ccc(OC)c(OC)c2)cc1. The molecule has 130 valence electrons. The lowest BCUT2D eigenvalue weighted by Crippen LogP contribution is -2.01. The first-order valence-electron chi connectivity index (χ1n) is 7.47. The molecule has 0 radical (unpaired) electrons. The van der Waals surface area contributed by atoms with Crippen molar-refractivity contribution in [2.24, 2.45) is 0 Å². The monoisotopic (exact) mass is 341 g/mol. The summed E-state index contributed by atoms with van der Waals surface area (Å²) >= 11 is 0. The molecule has 1 N–H and O–H groups in total. The molecule has 6 nitrogen and oxygen atoms in total. The van der Waals surface area contributed by atoms with Crippen molar-refractivity contribution in [1.82, 2.24) is 0 Å². The van der Waals surface area contributed by atoms with Crippen LogP contribution in [0.15, 0.2) is 54.7 Å². The lowest BCUT2D eigenvalue weighted by atomic mass is 10.1. The molecule has 0 amide bonds. The maximum Gasteiger partial charge on any atom is 0.337 e. The third-order valence-electron chi connectivity index (χ3n) is 3.46. The smallest absolute Gasteiger partial charge is 0.337 e. The van der Waals surface area contributed by atoms with Gasteiger partial charge in [0, 0.05) is 23.5 Å². The Labute approximate surface area is 146 Å². The van der Waals surface area contributed by atoms with Crippen LogP contribution in [0, 0.1) is 0 Å². The van der Waals surface area contributed by atoms with E-state index in [1.54, 1.807) is 42.5 Å². The second kappa shape index (κ2) is 8.54. The van der Waals surface area contributed by atoms with Gasteiger partial charge in [-0.3, -0.25) is 4.79 Å². The van der Waals surface area contributed by atoms with Gasteiger partial charge in [0.1, 0.15) is 0 Å². The van der Waals surface area contributed by atoms with E-state index in [0.717, 1.165) is 5.69 Å². The van der Waals surface area contributed by atoms with Crippen molar-refractivity contribution in [1.29, 1.82) is 0 Å². The molecule has 0 aliphatic rings. The van der Waals surface area contributed by atoms with Gasteiger partial charge in [0.2, 0.25) is 0 Å². The Morgan fingerprint density at radius 1 is 0.880 bits per heavy atom. The van der Waals surface area contributed by atoms with E-state index >= 15 is 0 Å². The molecular weight excluding hydrogens is 322 g/mol. The summed E-state index contributed by atoms with van der Waals surface area (Å²) in [5.74, 6) is 0.477. The number of rotatable bonds is 7. The van der Waals surface area contributed by atoms with Gasteiger partial charge >= 0.3 is 5.97 Å². The number of carbonyl (C=O) groups excluding carboxylic acids is 2. The van der Waals surface area contributed by atoms with Crippen LogP contribution in [0.25, 0.3) is 0 Å². The predicted molar refractivity (Wildman–Crippen MR) is 94.4 cm³/mol. The third kappa shape index (κ3) is 4.60. The van der Waals surface area contributed by atoms with Crippen LogP contribution in [0.3, 0.4) is 0 Å². The van der Waals surface area contributed by atoms with Gasteiger partial charge in [-0.1, -0.05) is 0 Å². The van der Waals surface area contributed by atoms with Crippen LogP contribution >= 0.6 is 0 Å². The topological polar surface area (TPSA) is 73.9 Å². The number of esters is 1. The van der Waals surface area contributed by atoms with Crippen molar-refractivity contribution >= 4 is 17.4 Å². The Morgan fingerprint density at radius 2 is 1.52 bits per heavy atom. The summed E-state index contributed by atoms with van der Waals surface area (Å²) in [7, 11) is 4.38. The lowest BCUT2D eigenvalue weighted by Gasteiger charge is -2.08. The van der Waals surface area contributed by atoms with Crippen molar-refractivity contribution in [2.45, 2.75) is 0 Å². The highest BCUT2D eigenvalue weighted by molar-refractivity contribution is 6.05. The molecule has 0 atom stereocenters. The van der Waals surface area contributed by atoms with E-state index in [1.807, 2.05) is 0 Å². The molecule has 25 heavy (non-hydrogen) atoms. The number of anilines is 1. The molecule has 6 heteroatoms. The van der Waals surface area contributed by atoms with Gasteiger partial charge in [-0.2, -0.15) is 0 Å².